The van der Waals surface area contributed by atoms with E-state index in [0.717, 1.165) is 25.2 Å². The van der Waals surface area contributed by atoms with Gasteiger partial charge in [0.2, 0.25) is 0 Å². The highest BCUT2D eigenvalue weighted by molar-refractivity contribution is 6.48. The fourth-order valence-electron chi connectivity index (χ4n) is 3.08. The zero-order valence-corrected chi connectivity index (χ0v) is 13.7. The van der Waals surface area contributed by atoms with Crippen molar-refractivity contribution in [2.45, 2.75) is 64.6 Å². The van der Waals surface area contributed by atoms with Gasteiger partial charge in [-0.15, -0.1) is 0 Å². The van der Waals surface area contributed by atoms with Crippen LogP contribution >= 0.6 is 0 Å². The zero-order chi connectivity index (χ0) is 15.3. The van der Waals surface area contributed by atoms with Crippen molar-refractivity contribution >= 4 is 12.9 Å². The molecule has 21 heavy (non-hydrogen) atoms. The molecule has 2 aliphatic rings. The van der Waals surface area contributed by atoms with Crippen LogP contribution in [0, 0.1) is 6.92 Å². The van der Waals surface area contributed by atoms with Gasteiger partial charge in [0.1, 0.15) is 5.82 Å². The Morgan fingerprint density at radius 1 is 1.24 bits per heavy atom. The van der Waals surface area contributed by atoms with Gasteiger partial charge in [-0.3, -0.25) is 0 Å². The molecular weight excluding hydrogens is 263 g/mol. The number of pyridine rings is 1. The maximum atomic E-state index is 6.24. The minimum absolute atomic E-state index is 0.181. The second-order valence-corrected chi connectivity index (χ2v) is 7.22. The van der Waals surface area contributed by atoms with E-state index in [2.05, 4.69) is 50.6 Å². The molecule has 0 bridgehead atoms. The van der Waals surface area contributed by atoms with E-state index in [9.17, 15) is 0 Å². The fraction of sp³-hybridized carbons (Fsp3) is 0.688. The van der Waals surface area contributed by atoms with Crippen LogP contribution in [0.3, 0.4) is 0 Å². The lowest BCUT2D eigenvalue weighted by Gasteiger charge is -2.32. The van der Waals surface area contributed by atoms with Crippen molar-refractivity contribution < 1.29 is 9.31 Å². The standard InChI is InChI=1S/C16H25BN2O2/c1-12-8-9-18-14(11-12)19-10-6-7-13(19)17-20-15(2,3)16(4,5)21-17/h8-9,11,13H,6-7,10H2,1-5H3/t13-/m0/s1. The summed E-state index contributed by atoms with van der Waals surface area (Å²) in [6.45, 7) is 11.6. The van der Waals surface area contributed by atoms with Gasteiger partial charge in [0, 0.05) is 12.7 Å². The van der Waals surface area contributed by atoms with Crippen molar-refractivity contribution in [2.75, 3.05) is 11.4 Å². The maximum Gasteiger partial charge on any atom is 0.482 e. The highest BCUT2D eigenvalue weighted by Gasteiger charge is 2.55. The van der Waals surface area contributed by atoms with Crippen molar-refractivity contribution in [1.82, 2.24) is 4.98 Å². The van der Waals surface area contributed by atoms with Crippen LogP contribution in [0.25, 0.3) is 0 Å². The molecule has 4 nitrogen and oxygen atoms in total. The van der Waals surface area contributed by atoms with E-state index in [1.807, 2.05) is 12.3 Å². The molecule has 0 unspecified atom stereocenters. The van der Waals surface area contributed by atoms with E-state index in [1.165, 1.54) is 5.56 Å². The van der Waals surface area contributed by atoms with Gasteiger partial charge in [0.05, 0.1) is 17.1 Å². The van der Waals surface area contributed by atoms with E-state index in [4.69, 9.17) is 9.31 Å². The van der Waals surface area contributed by atoms with Crippen LogP contribution in [-0.4, -0.2) is 35.8 Å². The monoisotopic (exact) mass is 288 g/mol. The Morgan fingerprint density at radius 3 is 2.52 bits per heavy atom. The maximum absolute atomic E-state index is 6.24. The third-order valence-electron chi connectivity index (χ3n) is 5.08. The van der Waals surface area contributed by atoms with Gasteiger partial charge in [-0.05, 0) is 65.2 Å². The van der Waals surface area contributed by atoms with Crippen molar-refractivity contribution in [3.8, 4) is 0 Å². The van der Waals surface area contributed by atoms with Crippen LogP contribution < -0.4 is 4.90 Å². The minimum atomic E-state index is -0.272. The average molecular weight is 288 g/mol. The number of aromatic nitrogens is 1. The second-order valence-electron chi connectivity index (χ2n) is 7.22. The molecule has 2 saturated heterocycles. The Bertz CT molecular complexity index is 517. The first kappa shape index (κ1) is 14.9. The number of nitrogens with zero attached hydrogens (tertiary/aromatic N) is 2. The van der Waals surface area contributed by atoms with E-state index in [0.29, 0.717) is 0 Å². The van der Waals surface area contributed by atoms with Crippen LogP contribution in [-0.2, 0) is 9.31 Å². The van der Waals surface area contributed by atoms with Crippen LogP contribution in [0.15, 0.2) is 18.3 Å². The summed E-state index contributed by atoms with van der Waals surface area (Å²) in [7, 11) is -0.181. The molecular formula is C16H25BN2O2. The Balaban J connectivity index is 1.83. The zero-order valence-electron chi connectivity index (χ0n) is 13.7. The summed E-state index contributed by atoms with van der Waals surface area (Å²) in [5, 5.41) is 0. The minimum Gasteiger partial charge on any atom is -0.402 e. The lowest BCUT2D eigenvalue weighted by Crippen LogP contribution is -2.44. The molecule has 1 aromatic rings. The van der Waals surface area contributed by atoms with Gasteiger partial charge in [-0.2, -0.15) is 0 Å². The molecule has 114 valence electrons. The second kappa shape index (κ2) is 4.99. The van der Waals surface area contributed by atoms with E-state index in [-0.39, 0.29) is 24.3 Å². The molecule has 0 spiro atoms. The molecule has 3 rings (SSSR count). The largest absolute Gasteiger partial charge is 0.482 e. The quantitative estimate of drug-likeness (QED) is 0.784. The predicted octanol–water partition coefficient (Wildman–Crippen LogP) is 2.99. The Morgan fingerprint density at radius 2 is 1.90 bits per heavy atom. The van der Waals surface area contributed by atoms with Crippen molar-refractivity contribution in [1.29, 1.82) is 0 Å². The third-order valence-corrected chi connectivity index (χ3v) is 5.08. The topological polar surface area (TPSA) is 34.6 Å². The summed E-state index contributed by atoms with van der Waals surface area (Å²) < 4.78 is 12.5. The fourth-order valence-corrected chi connectivity index (χ4v) is 3.08. The van der Waals surface area contributed by atoms with E-state index >= 15 is 0 Å². The first-order valence-electron chi connectivity index (χ1n) is 7.85. The normalized spacial score (nSPS) is 27.4. The van der Waals surface area contributed by atoms with Crippen molar-refractivity contribution in [3.63, 3.8) is 0 Å². The molecule has 2 aliphatic heterocycles. The number of anilines is 1. The molecule has 0 amide bonds. The Kier molecular flexibility index (Phi) is 3.53. The molecule has 1 atom stereocenters. The Hall–Kier alpha value is -1.07. The highest BCUT2D eigenvalue weighted by Crippen LogP contribution is 2.40. The van der Waals surface area contributed by atoms with Gasteiger partial charge in [0.15, 0.2) is 0 Å². The summed E-state index contributed by atoms with van der Waals surface area (Å²) in [5.74, 6) is 1.28. The molecule has 0 N–H and O–H groups in total. The van der Waals surface area contributed by atoms with Gasteiger partial charge in [-0.1, -0.05) is 0 Å². The summed E-state index contributed by atoms with van der Waals surface area (Å²) in [5.41, 5.74) is 0.692. The highest BCUT2D eigenvalue weighted by atomic mass is 16.7. The van der Waals surface area contributed by atoms with Crippen molar-refractivity contribution in [2.24, 2.45) is 0 Å². The number of hydrogen-bond acceptors (Lipinski definition) is 4. The van der Waals surface area contributed by atoms with Gasteiger partial charge < -0.3 is 14.2 Å². The molecule has 1 aromatic heterocycles. The summed E-state index contributed by atoms with van der Waals surface area (Å²) in [6.07, 6.45) is 4.13. The first-order chi connectivity index (χ1) is 9.80. The van der Waals surface area contributed by atoms with Gasteiger partial charge >= 0.3 is 7.12 Å². The first-order valence-corrected chi connectivity index (χ1v) is 7.85. The van der Waals surface area contributed by atoms with Gasteiger partial charge in [-0.25, -0.2) is 4.98 Å². The summed E-state index contributed by atoms with van der Waals surface area (Å²) in [6, 6.07) is 4.17. The summed E-state index contributed by atoms with van der Waals surface area (Å²) >= 11 is 0. The average Bonchev–Trinajstić information content (AvgIpc) is 2.93. The molecule has 3 heterocycles. The SMILES string of the molecule is Cc1ccnc(N2CCC[C@H]2B2OC(C)(C)C(C)(C)O2)c1. The van der Waals surface area contributed by atoms with Gasteiger partial charge in [0.25, 0.3) is 0 Å². The molecule has 0 aromatic carbocycles. The number of aryl methyl sites for hydroxylation is 1. The van der Waals surface area contributed by atoms with Crippen LogP contribution in [0.2, 0.25) is 0 Å². The molecule has 2 fully saturated rings. The number of hydrogen-bond donors (Lipinski definition) is 0. The van der Waals surface area contributed by atoms with Crippen LogP contribution in [0.4, 0.5) is 5.82 Å². The molecule has 0 aliphatic carbocycles. The van der Waals surface area contributed by atoms with E-state index < -0.39 is 0 Å². The molecule has 5 heteroatoms. The smallest absolute Gasteiger partial charge is 0.402 e. The molecule has 0 saturated carbocycles. The van der Waals surface area contributed by atoms with Crippen molar-refractivity contribution in [3.05, 3.63) is 23.9 Å². The van der Waals surface area contributed by atoms with E-state index in [1.54, 1.807) is 0 Å². The third kappa shape index (κ3) is 2.57. The Labute approximate surface area is 128 Å². The summed E-state index contributed by atoms with van der Waals surface area (Å²) in [4.78, 5) is 6.87. The van der Waals surface area contributed by atoms with Crippen LogP contribution in [0.5, 0.6) is 0 Å². The predicted molar refractivity (Wildman–Crippen MR) is 85.4 cm³/mol. The molecule has 0 radical (unpaired) electrons. The lowest BCUT2D eigenvalue weighted by molar-refractivity contribution is 0.00578. The number of rotatable bonds is 2. The van der Waals surface area contributed by atoms with Crippen LogP contribution in [0.1, 0.15) is 46.1 Å². The lowest BCUT2D eigenvalue weighted by atomic mass is 9.76.